The van der Waals surface area contributed by atoms with E-state index in [1.807, 2.05) is 16.9 Å². The SMILES string of the molecule is CCC1CCC(C(O)Cc2ccn(C(C)C)n2)CC1. The van der Waals surface area contributed by atoms with Crippen LogP contribution in [0, 0.1) is 11.8 Å². The molecule has 1 aromatic rings. The van der Waals surface area contributed by atoms with E-state index in [2.05, 4.69) is 25.9 Å². The molecule has 1 aliphatic rings. The minimum absolute atomic E-state index is 0.215. The zero-order chi connectivity index (χ0) is 13.8. The maximum Gasteiger partial charge on any atom is 0.0650 e. The third-order valence-corrected chi connectivity index (χ3v) is 4.62. The predicted octanol–water partition coefficient (Wildman–Crippen LogP) is 3.58. The Morgan fingerprint density at radius 3 is 2.53 bits per heavy atom. The van der Waals surface area contributed by atoms with Crippen LogP contribution in [0.4, 0.5) is 0 Å². The minimum Gasteiger partial charge on any atom is -0.392 e. The third-order valence-electron chi connectivity index (χ3n) is 4.62. The van der Waals surface area contributed by atoms with Crippen LogP contribution in [-0.4, -0.2) is 21.0 Å². The van der Waals surface area contributed by atoms with Crippen molar-refractivity contribution < 1.29 is 5.11 Å². The van der Waals surface area contributed by atoms with Gasteiger partial charge in [0.1, 0.15) is 0 Å². The summed E-state index contributed by atoms with van der Waals surface area (Å²) in [6.45, 7) is 6.53. The first kappa shape index (κ1) is 14.6. The second kappa shape index (κ2) is 6.56. The summed E-state index contributed by atoms with van der Waals surface area (Å²) in [4.78, 5) is 0. The Morgan fingerprint density at radius 1 is 1.32 bits per heavy atom. The average Bonchev–Trinajstić information content (AvgIpc) is 2.87. The molecule has 0 spiro atoms. The van der Waals surface area contributed by atoms with Gasteiger partial charge in [-0.15, -0.1) is 0 Å². The van der Waals surface area contributed by atoms with E-state index in [4.69, 9.17) is 0 Å². The highest BCUT2D eigenvalue weighted by atomic mass is 16.3. The Bertz CT molecular complexity index is 378. The number of rotatable bonds is 5. The Kier molecular flexibility index (Phi) is 5.03. The highest BCUT2D eigenvalue weighted by Crippen LogP contribution is 2.33. The molecule has 1 N–H and O–H groups in total. The van der Waals surface area contributed by atoms with Gasteiger partial charge in [0.2, 0.25) is 0 Å². The van der Waals surface area contributed by atoms with E-state index in [0.717, 1.165) is 11.6 Å². The first-order valence-corrected chi connectivity index (χ1v) is 7.82. The Hall–Kier alpha value is -0.830. The molecule has 2 rings (SSSR count). The molecule has 0 aliphatic heterocycles. The lowest BCUT2D eigenvalue weighted by atomic mass is 9.77. The standard InChI is InChI=1S/C16H28N2O/c1-4-13-5-7-14(8-6-13)16(19)11-15-9-10-18(17-15)12(2)3/h9-10,12-14,16,19H,4-8,11H2,1-3H3. The first-order valence-electron chi connectivity index (χ1n) is 7.82. The summed E-state index contributed by atoms with van der Waals surface area (Å²) < 4.78 is 1.97. The molecule has 1 saturated carbocycles. The number of aromatic nitrogens is 2. The van der Waals surface area contributed by atoms with Crippen molar-refractivity contribution in [2.45, 2.75) is 71.4 Å². The highest BCUT2D eigenvalue weighted by Gasteiger charge is 2.26. The van der Waals surface area contributed by atoms with Crippen LogP contribution in [0.25, 0.3) is 0 Å². The summed E-state index contributed by atoms with van der Waals surface area (Å²) >= 11 is 0. The van der Waals surface area contributed by atoms with Crippen LogP contribution in [0.2, 0.25) is 0 Å². The predicted molar refractivity (Wildman–Crippen MR) is 78.1 cm³/mol. The topological polar surface area (TPSA) is 38.0 Å². The van der Waals surface area contributed by atoms with Gasteiger partial charge in [-0.25, -0.2) is 0 Å². The molecule has 0 radical (unpaired) electrons. The van der Waals surface area contributed by atoms with Crippen molar-refractivity contribution in [2.75, 3.05) is 0 Å². The molecular weight excluding hydrogens is 236 g/mol. The van der Waals surface area contributed by atoms with Crippen LogP contribution < -0.4 is 0 Å². The maximum atomic E-state index is 10.4. The monoisotopic (exact) mass is 264 g/mol. The van der Waals surface area contributed by atoms with E-state index < -0.39 is 0 Å². The molecule has 0 aromatic carbocycles. The van der Waals surface area contributed by atoms with E-state index in [1.54, 1.807) is 0 Å². The van der Waals surface area contributed by atoms with Crippen molar-refractivity contribution in [3.63, 3.8) is 0 Å². The highest BCUT2D eigenvalue weighted by molar-refractivity contribution is 5.02. The van der Waals surface area contributed by atoms with E-state index >= 15 is 0 Å². The van der Waals surface area contributed by atoms with Crippen molar-refractivity contribution in [3.8, 4) is 0 Å². The van der Waals surface area contributed by atoms with Gasteiger partial charge < -0.3 is 5.11 Å². The van der Waals surface area contributed by atoms with Crippen molar-refractivity contribution in [1.29, 1.82) is 0 Å². The van der Waals surface area contributed by atoms with Crippen LogP contribution in [0.1, 0.15) is 64.6 Å². The fourth-order valence-electron chi connectivity index (χ4n) is 3.14. The third kappa shape index (κ3) is 3.82. The lowest BCUT2D eigenvalue weighted by molar-refractivity contribution is 0.0726. The van der Waals surface area contributed by atoms with Crippen LogP contribution in [-0.2, 0) is 6.42 Å². The first-order chi connectivity index (χ1) is 9.10. The zero-order valence-corrected chi connectivity index (χ0v) is 12.5. The van der Waals surface area contributed by atoms with Crippen LogP contribution >= 0.6 is 0 Å². The van der Waals surface area contributed by atoms with Gasteiger partial charge in [-0.1, -0.05) is 26.2 Å². The van der Waals surface area contributed by atoms with Gasteiger partial charge >= 0.3 is 0 Å². The minimum atomic E-state index is -0.215. The molecule has 1 aliphatic carbocycles. The van der Waals surface area contributed by atoms with Crippen molar-refractivity contribution >= 4 is 0 Å². The number of hydrogen-bond acceptors (Lipinski definition) is 2. The van der Waals surface area contributed by atoms with Crippen molar-refractivity contribution in [1.82, 2.24) is 9.78 Å². The van der Waals surface area contributed by atoms with Crippen LogP contribution in [0.3, 0.4) is 0 Å². The fourth-order valence-corrected chi connectivity index (χ4v) is 3.14. The Morgan fingerprint density at radius 2 is 2.00 bits per heavy atom. The van der Waals surface area contributed by atoms with E-state index in [-0.39, 0.29) is 6.10 Å². The van der Waals surface area contributed by atoms with Gasteiger partial charge in [0, 0.05) is 18.7 Å². The molecule has 19 heavy (non-hydrogen) atoms. The number of hydrogen-bond donors (Lipinski definition) is 1. The van der Waals surface area contributed by atoms with Gasteiger partial charge in [0.05, 0.1) is 11.8 Å². The summed E-state index contributed by atoms with van der Waals surface area (Å²) in [6.07, 6.45) is 8.75. The van der Waals surface area contributed by atoms with Gasteiger partial charge in [-0.05, 0) is 44.6 Å². The van der Waals surface area contributed by atoms with Gasteiger partial charge in [-0.3, -0.25) is 4.68 Å². The van der Waals surface area contributed by atoms with Crippen molar-refractivity contribution in [2.24, 2.45) is 11.8 Å². The normalized spacial score (nSPS) is 25.7. The Labute approximate surface area is 117 Å². The lowest BCUT2D eigenvalue weighted by Gasteiger charge is -2.30. The molecule has 1 atom stereocenters. The van der Waals surface area contributed by atoms with Crippen molar-refractivity contribution in [3.05, 3.63) is 18.0 Å². The van der Waals surface area contributed by atoms with E-state index in [9.17, 15) is 5.11 Å². The van der Waals surface area contributed by atoms with E-state index in [1.165, 1.54) is 32.1 Å². The quantitative estimate of drug-likeness (QED) is 0.882. The zero-order valence-electron chi connectivity index (χ0n) is 12.5. The maximum absolute atomic E-state index is 10.4. The van der Waals surface area contributed by atoms with Gasteiger partial charge in [0.15, 0.2) is 0 Å². The number of aliphatic hydroxyl groups is 1. The summed E-state index contributed by atoms with van der Waals surface area (Å²) in [6, 6.07) is 2.44. The smallest absolute Gasteiger partial charge is 0.0650 e. The summed E-state index contributed by atoms with van der Waals surface area (Å²) in [5.41, 5.74) is 1.03. The van der Waals surface area contributed by atoms with Gasteiger partial charge in [-0.2, -0.15) is 5.10 Å². The average molecular weight is 264 g/mol. The largest absolute Gasteiger partial charge is 0.392 e. The molecule has 0 saturated heterocycles. The molecule has 0 bridgehead atoms. The Balaban J connectivity index is 1.85. The lowest BCUT2D eigenvalue weighted by Crippen LogP contribution is -2.27. The summed E-state index contributed by atoms with van der Waals surface area (Å²) in [5.74, 6) is 1.37. The molecule has 1 unspecified atom stereocenters. The molecule has 3 heteroatoms. The van der Waals surface area contributed by atoms with E-state index in [0.29, 0.717) is 18.4 Å². The molecule has 1 fully saturated rings. The summed E-state index contributed by atoms with van der Waals surface area (Å²) in [7, 11) is 0. The second-order valence-electron chi connectivity index (χ2n) is 6.34. The molecule has 0 amide bonds. The molecule has 1 aromatic heterocycles. The molecule has 3 nitrogen and oxygen atoms in total. The summed E-state index contributed by atoms with van der Waals surface area (Å²) in [5, 5.41) is 14.9. The van der Waals surface area contributed by atoms with Crippen LogP contribution in [0.5, 0.6) is 0 Å². The second-order valence-corrected chi connectivity index (χ2v) is 6.34. The molecular formula is C16H28N2O. The number of aliphatic hydroxyl groups excluding tert-OH is 1. The van der Waals surface area contributed by atoms with Crippen LogP contribution in [0.15, 0.2) is 12.3 Å². The number of nitrogens with zero attached hydrogens (tertiary/aromatic N) is 2. The fraction of sp³-hybridized carbons (Fsp3) is 0.812. The van der Waals surface area contributed by atoms with Gasteiger partial charge in [0.25, 0.3) is 0 Å². The molecule has 1 heterocycles. The molecule has 108 valence electrons.